The zero-order valence-corrected chi connectivity index (χ0v) is 13.4. The highest BCUT2D eigenvalue weighted by Gasteiger charge is 2.24. The molecule has 2 aliphatic rings. The number of benzene rings is 1. The number of halogens is 1. The first-order valence-corrected chi connectivity index (χ1v) is 8.68. The van der Waals surface area contributed by atoms with Gasteiger partial charge in [-0.1, -0.05) is 0 Å². The molecule has 1 N–H and O–H groups in total. The van der Waals surface area contributed by atoms with E-state index in [1.165, 1.54) is 24.8 Å². The topological polar surface area (TPSA) is 30.5 Å². The maximum atomic E-state index is 5.44. The highest BCUT2D eigenvalue weighted by molar-refractivity contribution is 9.10. The second-order valence-corrected chi connectivity index (χ2v) is 7.05. The molecule has 3 rings (SSSR count). The zero-order valence-electron chi connectivity index (χ0n) is 10.9. The van der Waals surface area contributed by atoms with Crippen LogP contribution in [0.4, 0.5) is 0 Å². The van der Waals surface area contributed by atoms with Crippen LogP contribution < -0.4 is 14.8 Å². The van der Waals surface area contributed by atoms with Crippen LogP contribution in [0.5, 0.6) is 11.5 Å². The van der Waals surface area contributed by atoms with Crippen LogP contribution in [0.15, 0.2) is 16.6 Å². The van der Waals surface area contributed by atoms with Crippen LogP contribution in [-0.4, -0.2) is 24.3 Å². The maximum absolute atomic E-state index is 5.44. The Kier molecular flexibility index (Phi) is 4.24. The molecule has 0 saturated heterocycles. The van der Waals surface area contributed by atoms with Gasteiger partial charge in [-0.25, -0.2) is 0 Å². The van der Waals surface area contributed by atoms with Gasteiger partial charge >= 0.3 is 0 Å². The van der Waals surface area contributed by atoms with Gasteiger partial charge in [0.25, 0.3) is 0 Å². The summed E-state index contributed by atoms with van der Waals surface area (Å²) in [4.78, 5) is 0. The third-order valence-corrected chi connectivity index (χ3v) is 5.48. The van der Waals surface area contributed by atoms with Crippen LogP contribution in [0.2, 0.25) is 0 Å². The fraction of sp³-hybridized carbons (Fsp3) is 0.571. The molecular formula is C14H18BrNO2S. The maximum Gasteiger partial charge on any atom is 0.231 e. The van der Waals surface area contributed by atoms with E-state index in [-0.39, 0.29) is 0 Å². The first-order valence-electron chi connectivity index (χ1n) is 6.60. The van der Waals surface area contributed by atoms with Crippen molar-refractivity contribution in [2.45, 2.75) is 37.1 Å². The predicted octanol–water partition coefficient (Wildman–Crippen LogP) is 3.55. The number of fused-ring (bicyclic) bond motifs is 1. The Hall–Kier alpha value is -0.390. The summed E-state index contributed by atoms with van der Waals surface area (Å²) >= 11 is 5.53. The summed E-state index contributed by atoms with van der Waals surface area (Å²) in [7, 11) is 0. The van der Waals surface area contributed by atoms with Gasteiger partial charge in [-0.15, -0.1) is 0 Å². The normalized spacial score (nSPS) is 24.9. The minimum Gasteiger partial charge on any atom is -0.454 e. The Morgan fingerprint density at radius 1 is 1.37 bits per heavy atom. The van der Waals surface area contributed by atoms with Crippen molar-refractivity contribution in [2.24, 2.45) is 0 Å². The lowest BCUT2D eigenvalue weighted by molar-refractivity contribution is 0.173. The first-order chi connectivity index (χ1) is 9.26. The summed E-state index contributed by atoms with van der Waals surface area (Å²) in [5.74, 6) is 1.67. The van der Waals surface area contributed by atoms with E-state index in [2.05, 4.69) is 39.6 Å². The summed E-state index contributed by atoms with van der Waals surface area (Å²) < 4.78 is 11.8. The molecule has 1 saturated carbocycles. The Balaban J connectivity index is 1.60. The van der Waals surface area contributed by atoms with Gasteiger partial charge in [0.2, 0.25) is 6.79 Å². The highest BCUT2D eigenvalue weighted by atomic mass is 79.9. The van der Waals surface area contributed by atoms with Crippen molar-refractivity contribution in [2.75, 3.05) is 13.0 Å². The van der Waals surface area contributed by atoms with Crippen molar-refractivity contribution in [1.29, 1.82) is 0 Å². The van der Waals surface area contributed by atoms with Gasteiger partial charge < -0.3 is 14.8 Å². The lowest BCUT2D eigenvalue weighted by Crippen LogP contribution is -2.26. The molecule has 19 heavy (non-hydrogen) atoms. The Bertz CT molecular complexity index is 469. The van der Waals surface area contributed by atoms with Crippen LogP contribution >= 0.6 is 27.7 Å². The highest BCUT2D eigenvalue weighted by Crippen LogP contribution is 2.40. The fourth-order valence-electron chi connectivity index (χ4n) is 2.72. The number of thioether (sulfide) groups is 1. The molecule has 0 radical (unpaired) electrons. The second-order valence-electron chi connectivity index (χ2n) is 5.06. The number of nitrogens with one attached hydrogen (secondary N) is 1. The quantitative estimate of drug-likeness (QED) is 0.905. The molecule has 1 aliphatic carbocycles. The van der Waals surface area contributed by atoms with E-state index in [9.17, 15) is 0 Å². The molecule has 2 atom stereocenters. The van der Waals surface area contributed by atoms with Gasteiger partial charge in [0, 0.05) is 17.8 Å². The van der Waals surface area contributed by atoms with Crippen LogP contribution in [0, 0.1) is 0 Å². The molecule has 104 valence electrons. The molecule has 1 fully saturated rings. The van der Waals surface area contributed by atoms with Crippen LogP contribution in [-0.2, 0) is 6.54 Å². The fourth-order valence-corrected chi connectivity index (χ4v) is 4.13. The molecule has 3 nitrogen and oxygen atoms in total. The van der Waals surface area contributed by atoms with E-state index >= 15 is 0 Å². The molecule has 0 amide bonds. The third kappa shape index (κ3) is 3.03. The lowest BCUT2D eigenvalue weighted by atomic mass is 10.1. The minimum absolute atomic E-state index is 0.322. The van der Waals surface area contributed by atoms with E-state index in [4.69, 9.17) is 9.47 Å². The van der Waals surface area contributed by atoms with Gasteiger partial charge in [0.05, 0.1) is 4.47 Å². The minimum atomic E-state index is 0.322. The molecule has 1 heterocycles. The Morgan fingerprint density at radius 3 is 3.05 bits per heavy atom. The number of hydrogen-bond acceptors (Lipinski definition) is 4. The van der Waals surface area contributed by atoms with Crippen molar-refractivity contribution < 1.29 is 9.47 Å². The molecule has 2 unspecified atom stereocenters. The van der Waals surface area contributed by atoms with Crippen molar-refractivity contribution in [3.8, 4) is 11.5 Å². The number of rotatable bonds is 4. The lowest BCUT2D eigenvalue weighted by Gasteiger charge is -2.13. The SMILES string of the molecule is CSC1CCC(NCc2cc(Br)c3c(c2)OCO3)C1. The van der Waals surface area contributed by atoms with Crippen molar-refractivity contribution >= 4 is 27.7 Å². The van der Waals surface area contributed by atoms with Gasteiger partial charge in [-0.05, 0) is 59.1 Å². The van der Waals surface area contributed by atoms with Crippen molar-refractivity contribution in [1.82, 2.24) is 5.32 Å². The smallest absolute Gasteiger partial charge is 0.231 e. The zero-order chi connectivity index (χ0) is 13.2. The average Bonchev–Trinajstić information content (AvgIpc) is 3.05. The largest absolute Gasteiger partial charge is 0.454 e. The van der Waals surface area contributed by atoms with Crippen LogP contribution in [0.3, 0.4) is 0 Å². The second kappa shape index (κ2) is 5.94. The monoisotopic (exact) mass is 343 g/mol. The summed E-state index contributed by atoms with van der Waals surface area (Å²) in [6.07, 6.45) is 6.12. The van der Waals surface area contributed by atoms with Crippen molar-refractivity contribution in [3.63, 3.8) is 0 Å². The van der Waals surface area contributed by atoms with Crippen LogP contribution in [0.25, 0.3) is 0 Å². The van der Waals surface area contributed by atoms with E-state index in [0.717, 1.165) is 27.8 Å². The molecule has 1 aromatic rings. The molecule has 0 spiro atoms. The molecule has 0 aromatic heterocycles. The molecule has 1 aromatic carbocycles. The third-order valence-electron chi connectivity index (χ3n) is 3.80. The summed E-state index contributed by atoms with van der Waals surface area (Å²) in [5.41, 5.74) is 1.24. The van der Waals surface area contributed by atoms with E-state index < -0.39 is 0 Å². The van der Waals surface area contributed by atoms with Crippen molar-refractivity contribution in [3.05, 3.63) is 22.2 Å². The summed E-state index contributed by atoms with van der Waals surface area (Å²) in [6.45, 7) is 1.21. The van der Waals surface area contributed by atoms with Gasteiger partial charge in [0.15, 0.2) is 11.5 Å². The predicted molar refractivity (Wildman–Crippen MR) is 82.0 cm³/mol. The summed E-state index contributed by atoms with van der Waals surface area (Å²) in [5, 5.41) is 4.48. The molecule has 5 heteroatoms. The van der Waals surface area contributed by atoms with Gasteiger partial charge in [0.1, 0.15) is 0 Å². The number of ether oxygens (including phenoxy) is 2. The van der Waals surface area contributed by atoms with E-state index in [1.807, 2.05) is 11.8 Å². The summed E-state index contributed by atoms with van der Waals surface area (Å²) in [6, 6.07) is 4.84. The van der Waals surface area contributed by atoms with Gasteiger partial charge in [-0.2, -0.15) is 11.8 Å². The Labute approximate surface area is 126 Å². The average molecular weight is 344 g/mol. The molecule has 0 bridgehead atoms. The Morgan fingerprint density at radius 2 is 2.26 bits per heavy atom. The number of hydrogen-bond donors (Lipinski definition) is 1. The molecule has 1 aliphatic heterocycles. The van der Waals surface area contributed by atoms with E-state index in [1.54, 1.807) is 0 Å². The molecular weight excluding hydrogens is 326 g/mol. The van der Waals surface area contributed by atoms with E-state index in [0.29, 0.717) is 12.8 Å². The standard InChI is InChI=1S/C14H18BrNO2S/c1-19-11-3-2-10(6-11)16-7-9-4-12(15)14-13(5-9)17-8-18-14/h4-5,10-11,16H,2-3,6-8H2,1H3. The van der Waals surface area contributed by atoms with Gasteiger partial charge in [-0.3, -0.25) is 0 Å². The first kappa shape index (κ1) is 13.6. The van der Waals surface area contributed by atoms with Crippen LogP contribution in [0.1, 0.15) is 24.8 Å².